The molecule has 0 aliphatic carbocycles. The van der Waals surface area contributed by atoms with Gasteiger partial charge in [-0.05, 0) is 6.42 Å². The number of unbranched alkanes of at least 4 members (excludes halogenated alkanes) is 1. The number of carbonyl (C=O) groups is 1. The highest BCUT2D eigenvalue weighted by Crippen LogP contribution is 2.18. The Morgan fingerprint density at radius 3 is 3.19 bits per heavy atom. The lowest BCUT2D eigenvalue weighted by Crippen LogP contribution is -2.39. The molecule has 110 valence electrons. The van der Waals surface area contributed by atoms with Crippen molar-refractivity contribution in [3.63, 3.8) is 0 Å². The molecule has 5 nitrogen and oxygen atoms in total. The molecule has 0 fully saturated rings. The van der Waals surface area contributed by atoms with Gasteiger partial charge in [-0.1, -0.05) is 31.9 Å². The Morgan fingerprint density at radius 1 is 1.52 bits per heavy atom. The van der Waals surface area contributed by atoms with Crippen LogP contribution < -0.4 is 5.56 Å². The summed E-state index contributed by atoms with van der Waals surface area (Å²) in [7, 11) is 0. The Kier molecular flexibility index (Phi) is 3.88. The van der Waals surface area contributed by atoms with Gasteiger partial charge in [-0.15, -0.1) is 11.3 Å². The normalized spacial score (nSPS) is 17.8. The smallest absolute Gasteiger partial charge is 0.271 e. The molecule has 0 N–H and O–H groups in total. The molecule has 0 unspecified atom stereocenters. The fourth-order valence-corrected chi connectivity index (χ4v) is 3.27. The lowest BCUT2D eigenvalue weighted by atomic mass is 10.1. The molecule has 6 heteroatoms. The minimum absolute atomic E-state index is 0.0972. The van der Waals surface area contributed by atoms with Crippen molar-refractivity contribution >= 4 is 22.2 Å². The standard InChI is InChI=1S/C15H17N3O2S/c1-2-3-5-11-6-4-7-17(11)13(19)12-10-16-15-18(14(12)20)8-9-21-15/h4,6,8-11H,2-3,5,7H2,1H3/t11-/m0/s1. The lowest BCUT2D eigenvalue weighted by molar-refractivity contribution is 0.0741. The third kappa shape index (κ3) is 2.51. The summed E-state index contributed by atoms with van der Waals surface area (Å²) in [6.45, 7) is 2.70. The van der Waals surface area contributed by atoms with Gasteiger partial charge in [0.15, 0.2) is 4.96 Å². The molecule has 0 bridgehead atoms. The number of carbonyl (C=O) groups excluding carboxylic acids is 1. The third-order valence-electron chi connectivity index (χ3n) is 3.75. The second-order valence-corrected chi connectivity index (χ2v) is 6.00. The molecule has 1 aliphatic heterocycles. The van der Waals surface area contributed by atoms with Gasteiger partial charge in [0, 0.05) is 24.3 Å². The van der Waals surface area contributed by atoms with Crippen molar-refractivity contribution in [2.24, 2.45) is 0 Å². The van der Waals surface area contributed by atoms with E-state index in [0.29, 0.717) is 11.5 Å². The molecule has 21 heavy (non-hydrogen) atoms. The predicted molar refractivity (Wildman–Crippen MR) is 82.8 cm³/mol. The van der Waals surface area contributed by atoms with Crippen LogP contribution >= 0.6 is 11.3 Å². The van der Waals surface area contributed by atoms with E-state index in [4.69, 9.17) is 0 Å². The zero-order valence-corrected chi connectivity index (χ0v) is 12.7. The van der Waals surface area contributed by atoms with Gasteiger partial charge in [-0.25, -0.2) is 4.98 Å². The van der Waals surface area contributed by atoms with Gasteiger partial charge in [0.05, 0.1) is 6.04 Å². The first-order chi connectivity index (χ1) is 10.2. The third-order valence-corrected chi connectivity index (χ3v) is 4.52. The molecule has 1 amide bonds. The van der Waals surface area contributed by atoms with Gasteiger partial charge in [0.2, 0.25) is 0 Å². The number of nitrogens with zero attached hydrogens (tertiary/aromatic N) is 3. The molecule has 0 saturated carbocycles. The van der Waals surface area contributed by atoms with Crippen molar-refractivity contribution in [1.82, 2.24) is 14.3 Å². The van der Waals surface area contributed by atoms with Crippen LogP contribution in [0.15, 0.2) is 34.7 Å². The maximum Gasteiger partial charge on any atom is 0.271 e. The van der Waals surface area contributed by atoms with Crippen LogP contribution in [0.3, 0.4) is 0 Å². The minimum atomic E-state index is -0.285. The second-order valence-electron chi connectivity index (χ2n) is 5.13. The van der Waals surface area contributed by atoms with E-state index < -0.39 is 0 Å². The zero-order chi connectivity index (χ0) is 14.8. The number of rotatable bonds is 4. The first-order valence-electron chi connectivity index (χ1n) is 7.15. The van der Waals surface area contributed by atoms with Crippen LogP contribution in [0.2, 0.25) is 0 Å². The molecule has 0 spiro atoms. The highest BCUT2D eigenvalue weighted by Gasteiger charge is 2.27. The maximum absolute atomic E-state index is 12.6. The number of hydrogen-bond acceptors (Lipinski definition) is 4. The monoisotopic (exact) mass is 303 g/mol. The predicted octanol–water partition coefficient (Wildman–Crippen LogP) is 2.33. The molecule has 3 rings (SSSR count). The Labute approximate surface area is 126 Å². The van der Waals surface area contributed by atoms with Gasteiger partial charge in [0.1, 0.15) is 5.56 Å². The fraction of sp³-hybridized carbons (Fsp3) is 0.400. The summed E-state index contributed by atoms with van der Waals surface area (Å²) in [4.78, 5) is 31.6. The quantitative estimate of drug-likeness (QED) is 0.815. The summed E-state index contributed by atoms with van der Waals surface area (Å²) in [6.07, 6.45) is 10.2. The van der Waals surface area contributed by atoms with Crippen LogP contribution in [0.4, 0.5) is 0 Å². The summed E-state index contributed by atoms with van der Waals surface area (Å²) in [5, 5.41) is 1.79. The van der Waals surface area contributed by atoms with Crippen LogP contribution in [-0.2, 0) is 0 Å². The van der Waals surface area contributed by atoms with Gasteiger partial charge >= 0.3 is 0 Å². The van der Waals surface area contributed by atoms with Crippen LogP contribution in [0, 0.1) is 0 Å². The van der Waals surface area contributed by atoms with Crippen LogP contribution in [0.5, 0.6) is 0 Å². The first kappa shape index (κ1) is 14.0. The van der Waals surface area contributed by atoms with Crippen LogP contribution in [-0.4, -0.2) is 32.8 Å². The van der Waals surface area contributed by atoms with Gasteiger partial charge in [-0.3, -0.25) is 14.0 Å². The minimum Gasteiger partial charge on any atom is -0.328 e. The van der Waals surface area contributed by atoms with Gasteiger partial charge in [0.25, 0.3) is 11.5 Å². The SMILES string of the molecule is CCCC[C@H]1C=CCN1C(=O)c1cnc2sccn2c1=O. The Morgan fingerprint density at radius 2 is 2.38 bits per heavy atom. The van der Waals surface area contributed by atoms with Crippen molar-refractivity contribution in [2.45, 2.75) is 32.2 Å². The number of aromatic nitrogens is 2. The molecule has 0 aromatic carbocycles. The average Bonchev–Trinajstić information content (AvgIpc) is 3.14. The van der Waals surface area contributed by atoms with E-state index in [9.17, 15) is 9.59 Å². The lowest BCUT2D eigenvalue weighted by Gasteiger charge is -2.24. The van der Waals surface area contributed by atoms with Crippen LogP contribution in [0.1, 0.15) is 36.5 Å². The van der Waals surface area contributed by atoms with E-state index in [1.807, 2.05) is 6.08 Å². The largest absolute Gasteiger partial charge is 0.328 e. The Balaban J connectivity index is 1.89. The van der Waals surface area contributed by atoms with Gasteiger partial charge < -0.3 is 4.90 Å². The number of hydrogen-bond donors (Lipinski definition) is 0. The highest BCUT2D eigenvalue weighted by atomic mass is 32.1. The van der Waals surface area contributed by atoms with Crippen molar-refractivity contribution < 1.29 is 4.79 Å². The molecule has 2 aromatic rings. The molecule has 1 aliphatic rings. The van der Waals surface area contributed by atoms with Crippen molar-refractivity contribution in [3.05, 3.63) is 45.8 Å². The van der Waals surface area contributed by atoms with Gasteiger partial charge in [-0.2, -0.15) is 0 Å². The molecular weight excluding hydrogens is 286 g/mol. The summed E-state index contributed by atoms with van der Waals surface area (Å²) in [5.74, 6) is -0.223. The molecule has 0 saturated heterocycles. The van der Waals surface area contributed by atoms with E-state index >= 15 is 0 Å². The Hall–Kier alpha value is -1.95. The molecular formula is C15H17N3O2S. The summed E-state index contributed by atoms with van der Waals surface area (Å²) in [6, 6.07) is 0.0972. The van der Waals surface area contributed by atoms with E-state index in [2.05, 4.69) is 18.0 Å². The van der Waals surface area contributed by atoms with Crippen LogP contribution in [0.25, 0.3) is 4.96 Å². The number of thiazole rings is 1. The zero-order valence-electron chi connectivity index (χ0n) is 11.9. The van der Waals surface area contributed by atoms with E-state index in [1.165, 1.54) is 21.9 Å². The highest BCUT2D eigenvalue weighted by molar-refractivity contribution is 7.15. The van der Waals surface area contributed by atoms with Crippen molar-refractivity contribution in [2.75, 3.05) is 6.54 Å². The van der Waals surface area contributed by atoms with E-state index in [1.54, 1.807) is 16.5 Å². The average molecular weight is 303 g/mol. The van der Waals surface area contributed by atoms with Crippen molar-refractivity contribution in [3.8, 4) is 0 Å². The topological polar surface area (TPSA) is 54.7 Å². The maximum atomic E-state index is 12.6. The summed E-state index contributed by atoms with van der Waals surface area (Å²) >= 11 is 1.38. The number of amides is 1. The molecule has 3 heterocycles. The van der Waals surface area contributed by atoms with Crippen molar-refractivity contribution in [1.29, 1.82) is 0 Å². The molecule has 1 atom stereocenters. The first-order valence-corrected chi connectivity index (χ1v) is 8.03. The molecule has 0 radical (unpaired) electrons. The summed E-state index contributed by atoms with van der Waals surface area (Å²) in [5.41, 5.74) is -0.136. The van der Waals surface area contributed by atoms with E-state index in [0.717, 1.165) is 19.3 Å². The Bertz CT molecular complexity index is 747. The summed E-state index contributed by atoms with van der Waals surface area (Å²) < 4.78 is 1.43. The van der Waals surface area contributed by atoms with E-state index in [-0.39, 0.29) is 23.1 Å². The fourth-order valence-electron chi connectivity index (χ4n) is 2.60. The molecule has 2 aromatic heterocycles. The second kappa shape index (κ2) is 5.81. The number of fused-ring (bicyclic) bond motifs is 1.